The molecule has 1 aliphatic rings. The van der Waals surface area contributed by atoms with Gasteiger partial charge in [-0.25, -0.2) is 0 Å². The zero-order valence-electron chi connectivity index (χ0n) is 14.3. The Bertz CT molecular complexity index is 687. The standard InChI is InChI=1S/C21H26ClNO/c1-17-6-2-3-8-19(17)14-23-11-5-10-21(15-23,16-24)13-18-7-4-9-20(22)12-18/h2-4,6-9,12,24H,5,10-11,13-16H2,1H3. The first kappa shape index (κ1) is 17.5. The lowest BCUT2D eigenvalue weighted by Gasteiger charge is -2.42. The monoisotopic (exact) mass is 343 g/mol. The zero-order chi connectivity index (χ0) is 17.0. The summed E-state index contributed by atoms with van der Waals surface area (Å²) in [5, 5.41) is 10.9. The van der Waals surface area contributed by atoms with Crippen molar-refractivity contribution in [2.75, 3.05) is 19.7 Å². The van der Waals surface area contributed by atoms with Crippen molar-refractivity contribution in [2.24, 2.45) is 5.41 Å². The molecule has 1 unspecified atom stereocenters. The van der Waals surface area contributed by atoms with E-state index in [1.165, 1.54) is 16.7 Å². The second-order valence-electron chi connectivity index (χ2n) is 7.21. The molecule has 0 saturated carbocycles. The molecule has 1 heterocycles. The van der Waals surface area contributed by atoms with Crippen molar-refractivity contribution in [3.8, 4) is 0 Å². The molecule has 0 amide bonds. The minimum atomic E-state index is -0.0639. The molecule has 1 fully saturated rings. The first-order valence-corrected chi connectivity index (χ1v) is 9.10. The number of aryl methyl sites for hydroxylation is 1. The molecule has 2 nitrogen and oxygen atoms in total. The molecule has 0 aromatic heterocycles. The Hall–Kier alpha value is -1.35. The van der Waals surface area contributed by atoms with Crippen molar-refractivity contribution in [1.82, 2.24) is 4.90 Å². The van der Waals surface area contributed by atoms with Crippen LogP contribution in [0.25, 0.3) is 0 Å². The van der Waals surface area contributed by atoms with Crippen LogP contribution < -0.4 is 0 Å². The maximum atomic E-state index is 10.2. The summed E-state index contributed by atoms with van der Waals surface area (Å²) in [4.78, 5) is 2.49. The Morgan fingerprint density at radius 2 is 2.00 bits per heavy atom. The van der Waals surface area contributed by atoms with Gasteiger partial charge in [-0.15, -0.1) is 0 Å². The van der Waals surface area contributed by atoms with Gasteiger partial charge >= 0.3 is 0 Å². The normalized spacial score (nSPS) is 21.8. The van der Waals surface area contributed by atoms with Crippen molar-refractivity contribution in [3.05, 3.63) is 70.2 Å². The van der Waals surface area contributed by atoms with Gasteiger partial charge in [0.2, 0.25) is 0 Å². The average Bonchev–Trinajstić information content (AvgIpc) is 2.57. The van der Waals surface area contributed by atoms with E-state index in [0.717, 1.165) is 43.9 Å². The predicted octanol–water partition coefficient (Wildman–Crippen LogP) is 4.47. The molecule has 128 valence electrons. The maximum Gasteiger partial charge on any atom is 0.0502 e. The summed E-state index contributed by atoms with van der Waals surface area (Å²) in [6, 6.07) is 16.6. The molecule has 1 aliphatic heterocycles. The predicted molar refractivity (Wildman–Crippen MR) is 100 cm³/mol. The first-order valence-electron chi connectivity index (χ1n) is 8.72. The summed E-state index contributed by atoms with van der Waals surface area (Å²) in [5.74, 6) is 0. The fourth-order valence-electron chi connectivity index (χ4n) is 3.88. The van der Waals surface area contributed by atoms with Crippen LogP contribution in [0.3, 0.4) is 0 Å². The second-order valence-corrected chi connectivity index (χ2v) is 7.64. The molecule has 2 aromatic rings. The number of aliphatic hydroxyl groups is 1. The van der Waals surface area contributed by atoms with Gasteiger partial charge in [0.05, 0.1) is 6.61 Å². The number of benzene rings is 2. The van der Waals surface area contributed by atoms with Gasteiger partial charge in [0, 0.05) is 23.5 Å². The Morgan fingerprint density at radius 3 is 2.75 bits per heavy atom. The van der Waals surface area contributed by atoms with E-state index in [-0.39, 0.29) is 12.0 Å². The van der Waals surface area contributed by atoms with Crippen molar-refractivity contribution < 1.29 is 5.11 Å². The number of hydrogen-bond acceptors (Lipinski definition) is 2. The van der Waals surface area contributed by atoms with E-state index in [1.54, 1.807) is 0 Å². The minimum absolute atomic E-state index is 0.0639. The quantitative estimate of drug-likeness (QED) is 0.866. The second kappa shape index (κ2) is 7.69. The van der Waals surface area contributed by atoms with E-state index in [2.05, 4.69) is 42.2 Å². The number of rotatable bonds is 5. The van der Waals surface area contributed by atoms with Crippen LogP contribution in [0.15, 0.2) is 48.5 Å². The maximum absolute atomic E-state index is 10.2. The third kappa shape index (κ3) is 4.18. The molecule has 0 aliphatic carbocycles. The van der Waals surface area contributed by atoms with Crippen LogP contribution in [0.5, 0.6) is 0 Å². The van der Waals surface area contributed by atoms with Crippen LogP contribution in [0.4, 0.5) is 0 Å². The van der Waals surface area contributed by atoms with E-state index in [1.807, 2.05) is 18.2 Å². The molecular weight excluding hydrogens is 318 g/mol. The highest BCUT2D eigenvalue weighted by molar-refractivity contribution is 6.30. The molecule has 24 heavy (non-hydrogen) atoms. The molecule has 0 radical (unpaired) electrons. The highest BCUT2D eigenvalue weighted by atomic mass is 35.5. The molecule has 1 atom stereocenters. The Morgan fingerprint density at radius 1 is 1.17 bits per heavy atom. The summed E-state index contributed by atoms with van der Waals surface area (Å²) >= 11 is 6.13. The van der Waals surface area contributed by atoms with E-state index in [0.29, 0.717) is 0 Å². The molecule has 1 saturated heterocycles. The number of nitrogens with zero attached hydrogens (tertiary/aromatic N) is 1. The van der Waals surface area contributed by atoms with Gasteiger partial charge in [0.1, 0.15) is 0 Å². The van der Waals surface area contributed by atoms with Crippen molar-refractivity contribution >= 4 is 11.6 Å². The van der Waals surface area contributed by atoms with Crippen LogP contribution in [-0.2, 0) is 13.0 Å². The summed E-state index contributed by atoms with van der Waals surface area (Å²) < 4.78 is 0. The largest absolute Gasteiger partial charge is 0.396 e. The lowest BCUT2D eigenvalue weighted by molar-refractivity contribution is 0.0288. The van der Waals surface area contributed by atoms with Crippen molar-refractivity contribution in [2.45, 2.75) is 32.7 Å². The highest BCUT2D eigenvalue weighted by Crippen LogP contribution is 2.34. The number of halogens is 1. The summed E-state index contributed by atoms with van der Waals surface area (Å²) in [6.45, 7) is 5.40. The number of piperidine rings is 1. The van der Waals surface area contributed by atoms with Gasteiger partial charge in [-0.3, -0.25) is 4.90 Å². The molecule has 0 spiro atoms. The fraction of sp³-hybridized carbons (Fsp3) is 0.429. The van der Waals surface area contributed by atoms with E-state index >= 15 is 0 Å². The molecule has 1 N–H and O–H groups in total. The van der Waals surface area contributed by atoms with Crippen LogP contribution in [0, 0.1) is 12.3 Å². The van der Waals surface area contributed by atoms with Gasteiger partial charge in [-0.05, 0) is 61.6 Å². The van der Waals surface area contributed by atoms with Gasteiger partial charge in [-0.1, -0.05) is 48.0 Å². The summed E-state index contributed by atoms with van der Waals surface area (Å²) in [5.41, 5.74) is 3.88. The molecule has 2 aromatic carbocycles. The number of aliphatic hydroxyl groups excluding tert-OH is 1. The summed E-state index contributed by atoms with van der Waals surface area (Å²) in [6.07, 6.45) is 3.08. The number of likely N-dealkylation sites (tertiary alicyclic amines) is 1. The molecule has 3 rings (SSSR count). The Kier molecular flexibility index (Phi) is 5.60. The van der Waals surface area contributed by atoms with Gasteiger partial charge < -0.3 is 5.11 Å². The first-order chi connectivity index (χ1) is 11.6. The summed E-state index contributed by atoms with van der Waals surface area (Å²) in [7, 11) is 0. The van der Waals surface area contributed by atoms with Gasteiger partial charge in [0.25, 0.3) is 0 Å². The number of hydrogen-bond donors (Lipinski definition) is 1. The molecule has 3 heteroatoms. The van der Waals surface area contributed by atoms with E-state index < -0.39 is 0 Å². The molecule has 0 bridgehead atoms. The lowest BCUT2D eigenvalue weighted by Crippen LogP contribution is -2.46. The third-order valence-electron chi connectivity index (χ3n) is 5.20. The van der Waals surface area contributed by atoms with E-state index in [4.69, 9.17) is 11.6 Å². The average molecular weight is 344 g/mol. The highest BCUT2D eigenvalue weighted by Gasteiger charge is 2.35. The Balaban J connectivity index is 1.73. The lowest BCUT2D eigenvalue weighted by atomic mass is 9.75. The van der Waals surface area contributed by atoms with Crippen LogP contribution in [-0.4, -0.2) is 29.7 Å². The smallest absolute Gasteiger partial charge is 0.0502 e. The van der Waals surface area contributed by atoms with Crippen LogP contribution in [0.2, 0.25) is 5.02 Å². The Labute approximate surface area is 150 Å². The van der Waals surface area contributed by atoms with Crippen molar-refractivity contribution in [1.29, 1.82) is 0 Å². The zero-order valence-corrected chi connectivity index (χ0v) is 15.1. The van der Waals surface area contributed by atoms with E-state index in [9.17, 15) is 5.11 Å². The third-order valence-corrected chi connectivity index (χ3v) is 5.43. The molecular formula is C21H26ClNO. The van der Waals surface area contributed by atoms with Gasteiger partial charge in [-0.2, -0.15) is 0 Å². The van der Waals surface area contributed by atoms with Crippen LogP contribution in [0.1, 0.15) is 29.5 Å². The fourth-order valence-corrected chi connectivity index (χ4v) is 4.10. The topological polar surface area (TPSA) is 23.5 Å². The minimum Gasteiger partial charge on any atom is -0.396 e. The van der Waals surface area contributed by atoms with Crippen molar-refractivity contribution in [3.63, 3.8) is 0 Å². The van der Waals surface area contributed by atoms with Gasteiger partial charge in [0.15, 0.2) is 0 Å². The van der Waals surface area contributed by atoms with Crippen LogP contribution >= 0.6 is 11.6 Å². The SMILES string of the molecule is Cc1ccccc1CN1CCCC(CO)(Cc2cccc(Cl)c2)C1.